The van der Waals surface area contributed by atoms with Gasteiger partial charge >= 0.3 is 6.55 Å². The van der Waals surface area contributed by atoms with Crippen LogP contribution in [-0.2, 0) is 4.79 Å². The van der Waals surface area contributed by atoms with Gasteiger partial charge in [-0.05, 0) is 0 Å². The molecule has 4 nitrogen and oxygen atoms in total. The molecule has 0 radical (unpaired) electrons. The number of hydrogen-bond acceptors (Lipinski definition) is 3. The normalized spacial score (nSPS) is 13.7. The molecule has 0 unspecified atom stereocenters. The molecule has 0 aliphatic heterocycles. The van der Waals surface area contributed by atoms with E-state index < -0.39 is 23.2 Å². The first-order valence-electron chi connectivity index (χ1n) is 2.71. The predicted octanol–water partition coefficient (Wildman–Crippen LogP) is 0.174. The number of nitrogens with two attached hydrogens (primary N) is 2. The number of primary amides is 1. The van der Waals surface area contributed by atoms with Gasteiger partial charge in [0, 0.05) is 6.21 Å². The summed E-state index contributed by atoms with van der Waals surface area (Å²) in [6.07, 6.45) is 0.576. The van der Waals surface area contributed by atoms with E-state index in [1.54, 1.807) is 0 Å². The molecule has 0 saturated carbocycles. The van der Waals surface area contributed by atoms with Crippen molar-refractivity contribution in [2.75, 3.05) is 0 Å². The van der Waals surface area contributed by atoms with Crippen LogP contribution in [0, 0.1) is 0 Å². The summed E-state index contributed by atoms with van der Waals surface area (Å²) in [6, 6.07) is 0. The highest BCUT2D eigenvalue weighted by Gasteiger charge is 2.04. The minimum atomic E-state index is -2.89. The van der Waals surface area contributed by atoms with Gasteiger partial charge in [-0.2, -0.15) is 8.78 Å². The molecule has 0 saturated heterocycles. The predicted molar refractivity (Wildman–Crippen MR) is 40.8 cm³/mol. The average molecular weight is 198 g/mol. The number of amides is 1. The van der Waals surface area contributed by atoms with Crippen LogP contribution in [0.3, 0.4) is 0 Å². The zero-order valence-corrected chi connectivity index (χ0v) is 6.55. The monoisotopic (exact) mass is 197 g/mol. The van der Waals surface area contributed by atoms with Crippen LogP contribution in [0.2, 0.25) is 0 Å². The lowest BCUT2D eigenvalue weighted by atomic mass is 10.4. The summed E-state index contributed by atoms with van der Waals surface area (Å²) in [5.41, 5.74) is 9.17. The molecule has 0 aliphatic rings. The Labute approximate surface area is 71.9 Å². The quantitative estimate of drug-likeness (QED) is 0.384. The van der Waals surface area contributed by atoms with Crippen LogP contribution < -0.4 is 11.5 Å². The van der Waals surface area contributed by atoms with E-state index in [0.29, 0.717) is 6.21 Å². The Hall–Kier alpha value is -1.17. The SMILES string of the molecule is NC(=O)C(N)=C(Cl)C=NC(F)F. The number of rotatable bonds is 3. The summed E-state index contributed by atoms with van der Waals surface area (Å²) in [4.78, 5) is 12.9. The Bertz CT molecular complexity index is 239. The first-order chi connectivity index (χ1) is 5.45. The second kappa shape index (κ2) is 4.66. The molecule has 0 heterocycles. The minimum Gasteiger partial charge on any atom is -0.393 e. The van der Waals surface area contributed by atoms with Gasteiger partial charge in [0.2, 0.25) is 0 Å². The maximum Gasteiger partial charge on any atom is 0.331 e. The van der Waals surface area contributed by atoms with Gasteiger partial charge in [-0.15, -0.1) is 0 Å². The molecule has 4 N–H and O–H groups in total. The number of allylic oxidation sites excluding steroid dienone is 1. The summed E-state index contributed by atoms with van der Waals surface area (Å²) in [6.45, 7) is -2.89. The Kier molecular flexibility index (Phi) is 4.20. The van der Waals surface area contributed by atoms with Crippen molar-refractivity contribution >= 4 is 23.7 Å². The van der Waals surface area contributed by atoms with Crippen molar-refractivity contribution in [3.8, 4) is 0 Å². The molecule has 12 heavy (non-hydrogen) atoms. The average Bonchev–Trinajstić information content (AvgIpc) is 1.98. The molecule has 0 aromatic heterocycles. The second-order valence-electron chi connectivity index (χ2n) is 1.68. The lowest BCUT2D eigenvalue weighted by Crippen LogP contribution is -2.21. The van der Waals surface area contributed by atoms with E-state index in [4.69, 9.17) is 17.3 Å². The molecule has 0 atom stereocenters. The third-order valence-corrected chi connectivity index (χ3v) is 1.12. The number of hydrogen-bond donors (Lipinski definition) is 2. The van der Waals surface area contributed by atoms with Gasteiger partial charge in [0.1, 0.15) is 5.70 Å². The molecule has 0 fully saturated rings. The summed E-state index contributed by atoms with van der Waals surface area (Å²) in [5.74, 6) is -0.985. The lowest BCUT2D eigenvalue weighted by molar-refractivity contribution is -0.114. The van der Waals surface area contributed by atoms with Crippen molar-refractivity contribution in [1.82, 2.24) is 0 Å². The first kappa shape index (κ1) is 10.8. The summed E-state index contributed by atoms with van der Waals surface area (Å²) >= 11 is 5.24. The van der Waals surface area contributed by atoms with E-state index in [-0.39, 0.29) is 0 Å². The molecule has 0 bridgehead atoms. The van der Waals surface area contributed by atoms with Gasteiger partial charge < -0.3 is 11.5 Å². The van der Waals surface area contributed by atoms with Gasteiger partial charge in [-0.1, -0.05) is 11.6 Å². The van der Waals surface area contributed by atoms with Gasteiger partial charge in [0.25, 0.3) is 5.91 Å². The van der Waals surface area contributed by atoms with Gasteiger partial charge in [0.05, 0.1) is 5.03 Å². The van der Waals surface area contributed by atoms with E-state index in [1.165, 1.54) is 0 Å². The maximum atomic E-state index is 11.4. The van der Waals surface area contributed by atoms with Crippen molar-refractivity contribution in [2.24, 2.45) is 16.5 Å². The van der Waals surface area contributed by atoms with Crippen molar-refractivity contribution in [2.45, 2.75) is 6.55 Å². The maximum absolute atomic E-state index is 11.4. The number of carbonyl (C=O) groups excluding carboxylic acids is 1. The molecular weight excluding hydrogens is 192 g/mol. The van der Waals surface area contributed by atoms with Crippen molar-refractivity contribution in [1.29, 1.82) is 0 Å². The van der Waals surface area contributed by atoms with Crippen LogP contribution >= 0.6 is 11.6 Å². The van der Waals surface area contributed by atoms with Crippen LogP contribution in [0.5, 0.6) is 0 Å². The van der Waals surface area contributed by atoms with Gasteiger partial charge in [0.15, 0.2) is 0 Å². The number of carbonyl (C=O) groups is 1. The Morgan fingerprint density at radius 1 is 1.50 bits per heavy atom. The number of nitrogens with zero attached hydrogens (tertiary/aromatic N) is 1. The van der Waals surface area contributed by atoms with E-state index in [0.717, 1.165) is 0 Å². The molecule has 1 amide bonds. The summed E-state index contributed by atoms with van der Waals surface area (Å²) < 4.78 is 22.8. The highest BCUT2D eigenvalue weighted by molar-refractivity contribution is 6.41. The van der Waals surface area contributed by atoms with E-state index in [2.05, 4.69) is 10.7 Å². The fourth-order valence-corrected chi connectivity index (χ4v) is 0.458. The van der Waals surface area contributed by atoms with Crippen molar-refractivity contribution in [3.05, 3.63) is 10.7 Å². The minimum absolute atomic E-state index is 0.400. The smallest absolute Gasteiger partial charge is 0.331 e. The van der Waals surface area contributed by atoms with Gasteiger partial charge in [-0.25, -0.2) is 4.99 Å². The van der Waals surface area contributed by atoms with Crippen LogP contribution in [-0.4, -0.2) is 18.7 Å². The largest absolute Gasteiger partial charge is 0.393 e. The van der Waals surface area contributed by atoms with Crippen LogP contribution in [0.25, 0.3) is 0 Å². The Balaban J connectivity index is 4.47. The number of aliphatic imine (C=N–C) groups is 1. The zero-order valence-electron chi connectivity index (χ0n) is 5.80. The Morgan fingerprint density at radius 2 is 2.00 bits per heavy atom. The zero-order chi connectivity index (χ0) is 9.72. The van der Waals surface area contributed by atoms with Crippen molar-refractivity contribution < 1.29 is 13.6 Å². The summed E-state index contributed by atoms with van der Waals surface area (Å²) in [7, 11) is 0. The molecule has 0 aliphatic carbocycles. The molecule has 68 valence electrons. The molecular formula is C5H6ClF2N3O. The van der Waals surface area contributed by atoms with E-state index in [1.807, 2.05) is 0 Å². The number of halogens is 3. The standard InChI is InChI=1S/C5H6ClF2N3O/c6-2(1-11-5(7)8)3(9)4(10)12/h1,5H,9H2,(H2,10,12). The van der Waals surface area contributed by atoms with Crippen LogP contribution in [0.15, 0.2) is 15.7 Å². The molecule has 0 rings (SSSR count). The molecule has 0 aromatic carbocycles. The molecule has 0 spiro atoms. The van der Waals surface area contributed by atoms with Crippen LogP contribution in [0.1, 0.15) is 0 Å². The van der Waals surface area contributed by atoms with E-state index >= 15 is 0 Å². The summed E-state index contributed by atoms with van der Waals surface area (Å²) in [5, 5.41) is -0.400. The highest BCUT2D eigenvalue weighted by atomic mass is 35.5. The van der Waals surface area contributed by atoms with Crippen LogP contribution in [0.4, 0.5) is 8.78 Å². The lowest BCUT2D eigenvalue weighted by Gasteiger charge is -1.94. The third-order valence-electron chi connectivity index (χ3n) is 0.823. The molecule has 0 aromatic rings. The van der Waals surface area contributed by atoms with E-state index in [9.17, 15) is 13.6 Å². The van der Waals surface area contributed by atoms with Gasteiger partial charge in [-0.3, -0.25) is 4.79 Å². The fourth-order valence-electron chi connectivity index (χ4n) is 0.309. The second-order valence-corrected chi connectivity index (χ2v) is 2.09. The Morgan fingerprint density at radius 3 is 2.33 bits per heavy atom. The number of alkyl halides is 2. The highest BCUT2D eigenvalue weighted by Crippen LogP contribution is 2.03. The molecule has 7 heteroatoms. The third kappa shape index (κ3) is 3.87. The van der Waals surface area contributed by atoms with Crippen molar-refractivity contribution in [3.63, 3.8) is 0 Å². The topological polar surface area (TPSA) is 81.5 Å². The first-order valence-corrected chi connectivity index (χ1v) is 3.09. The fraction of sp³-hybridized carbons (Fsp3) is 0.200.